The van der Waals surface area contributed by atoms with Gasteiger partial charge in [0.05, 0.1) is 12.1 Å². The Morgan fingerprint density at radius 3 is 2.52 bits per heavy atom. The van der Waals surface area contributed by atoms with E-state index in [2.05, 4.69) is 24.6 Å². The van der Waals surface area contributed by atoms with Crippen LogP contribution in [0.4, 0.5) is 0 Å². The van der Waals surface area contributed by atoms with Crippen LogP contribution in [0, 0.1) is 0 Å². The lowest BCUT2D eigenvalue weighted by molar-refractivity contribution is 0.0709. The summed E-state index contributed by atoms with van der Waals surface area (Å²) in [6, 6.07) is 3.53. The standard InChI is InChI=1S/C19H26N6O2/c1-23(2)12-16-21-22-18(25(16)15-4-5-15)13-7-9-24(10-8-13)19(27)14-3-6-17(26)20-11-14/h3,6,11,13,15H,4-5,7-10,12H2,1-2H3,(H,20,26). The number of nitrogens with one attached hydrogen (secondary N) is 1. The van der Waals surface area contributed by atoms with E-state index in [0.717, 1.165) is 31.0 Å². The first kappa shape index (κ1) is 17.9. The molecule has 2 aliphatic rings. The molecule has 2 aromatic rings. The Hall–Kier alpha value is -2.48. The highest BCUT2D eigenvalue weighted by molar-refractivity contribution is 5.93. The first-order chi connectivity index (χ1) is 13.0. The summed E-state index contributed by atoms with van der Waals surface area (Å²) in [5.74, 6) is 2.45. The van der Waals surface area contributed by atoms with Gasteiger partial charge in [-0.3, -0.25) is 9.59 Å². The van der Waals surface area contributed by atoms with Gasteiger partial charge in [0.15, 0.2) is 0 Å². The van der Waals surface area contributed by atoms with E-state index in [4.69, 9.17) is 0 Å². The highest BCUT2D eigenvalue weighted by atomic mass is 16.2. The van der Waals surface area contributed by atoms with E-state index in [0.29, 0.717) is 30.6 Å². The van der Waals surface area contributed by atoms with Crippen LogP contribution in [0.15, 0.2) is 23.1 Å². The highest BCUT2D eigenvalue weighted by Crippen LogP contribution is 2.40. The highest BCUT2D eigenvalue weighted by Gasteiger charge is 2.34. The average molecular weight is 370 g/mol. The number of nitrogens with zero attached hydrogens (tertiary/aromatic N) is 5. The maximum Gasteiger partial charge on any atom is 0.255 e. The Bertz CT molecular complexity index is 854. The molecule has 27 heavy (non-hydrogen) atoms. The zero-order valence-corrected chi connectivity index (χ0v) is 15.9. The third-order valence-electron chi connectivity index (χ3n) is 5.34. The number of rotatable bonds is 5. The molecule has 4 rings (SSSR count). The number of aromatic amines is 1. The maximum absolute atomic E-state index is 12.6. The van der Waals surface area contributed by atoms with Crippen molar-refractivity contribution in [1.82, 2.24) is 29.5 Å². The Balaban J connectivity index is 1.45. The molecule has 1 saturated carbocycles. The molecule has 144 valence electrons. The fourth-order valence-electron chi connectivity index (χ4n) is 3.80. The van der Waals surface area contributed by atoms with Gasteiger partial charge in [-0.1, -0.05) is 0 Å². The second-order valence-corrected chi connectivity index (χ2v) is 7.82. The van der Waals surface area contributed by atoms with Crippen LogP contribution >= 0.6 is 0 Å². The predicted molar refractivity (Wildman–Crippen MR) is 101 cm³/mol. The Labute approximate surface area is 158 Å². The molecule has 2 aromatic heterocycles. The fraction of sp³-hybridized carbons (Fsp3) is 0.579. The summed E-state index contributed by atoms with van der Waals surface area (Å²) < 4.78 is 2.35. The molecule has 0 radical (unpaired) electrons. The van der Waals surface area contributed by atoms with Crippen molar-refractivity contribution in [3.05, 3.63) is 45.9 Å². The van der Waals surface area contributed by atoms with Crippen molar-refractivity contribution in [2.24, 2.45) is 0 Å². The molecular formula is C19H26N6O2. The fourth-order valence-corrected chi connectivity index (χ4v) is 3.80. The molecule has 1 amide bonds. The molecule has 8 nitrogen and oxygen atoms in total. The summed E-state index contributed by atoms with van der Waals surface area (Å²) in [5, 5.41) is 8.99. The normalized spacial score (nSPS) is 18.3. The minimum absolute atomic E-state index is 0.0262. The molecule has 0 bridgehead atoms. The monoisotopic (exact) mass is 370 g/mol. The molecule has 0 atom stereocenters. The average Bonchev–Trinajstić information content (AvgIpc) is 3.42. The van der Waals surface area contributed by atoms with Crippen LogP contribution in [0.25, 0.3) is 0 Å². The first-order valence-corrected chi connectivity index (χ1v) is 9.59. The topological polar surface area (TPSA) is 87.1 Å². The minimum Gasteiger partial charge on any atom is -0.339 e. The summed E-state index contributed by atoms with van der Waals surface area (Å²) in [7, 11) is 4.10. The molecule has 2 fully saturated rings. The summed E-state index contributed by atoms with van der Waals surface area (Å²) in [5.41, 5.74) is 0.334. The van der Waals surface area contributed by atoms with Crippen LogP contribution in [0.3, 0.4) is 0 Å². The van der Waals surface area contributed by atoms with Gasteiger partial charge in [0.2, 0.25) is 5.56 Å². The largest absolute Gasteiger partial charge is 0.339 e. The van der Waals surface area contributed by atoms with Crippen LogP contribution in [0.5, 0.6) is 0 Å². The smallest absolute Gasteiger partial charge is 0.255 e. The van der Waals surface area contributed by atoms with Crippen LogP contribution in [-0.4, -0.2) is 62.6 Å². The van der Waals surface area contributed by atoms with Gasteiger partial charge >= 0.3 is 0 Å². The van der Waals surface area contributed by atoms with Gasteiger partial charge in [0.25, 0.3) is 5.91 Å². The second-order valence-electron chi connectivity index (χ2n) is 7.82. The third kappa shape index (κ3) is 3.80. The van der Waals surface area contributed by atoms with Crippen molar-refractivity contribution in [2.45, 2.75) is 44.2 Å². The molecule has 0 aromatic carbocycles. The van der Waals surface area contributed by atoms with E-state index in [-0.39, 0.29) is 11.5 Å². The number of aromatic nitrogens is 4. The number of hydrogen-bond acceptors (Lipinski definition) is 5. The van der Waals surface area contributed by atoms with E-state index >= 15 is 0 Å². The zero-order valence-electron chi connectivity index (χ0n) is 15.9. The van der Waals surface area contributed by atoms with Gasteiger partial charge in [-0.05, 0) is 45.8 Å². The van der Waals surface area contributed by atoms with E-state index in [1.54, 1.807) is 6.07 Å². The molecule has 1 saturated heterocycles. The van der Waals surface area contributed by atoms with Crippen LogP contribution in [0.2, 0.25) is 0 Å². The summed E-state index contributed by atoms with van der Waals surface area (Å²) in [4.78, 5) is 30.4. The summed E-state index contributed by atoms with van der Waals surface area (Å²) in [6.45, 7) is 2.19. The minimum atomic E-state index is -0.196. The molecule has 1 N–H and O–H groups in total. The van der Waals surface area contributed by atoms with Crippen LogP contribution in [0.1, 0.15) is 59.6 Å². The van der Waals surface area contributed by atoms with Gasteiger partial charge in [0, 0.05) is 37.3 Å². The number of hydrogen-bond donors (Lipinski definition) is 1. The van der Waals surface area contributed by atoms with Crippen molar-refractivity contribution < 1.29 is 4.79 Å². The van der Waals surface area contributed by atoms with Gasteiger partial charge in [0.1, 0.15) is 11.6 Å². The number of carbonyl (C=O) groups is 1. The van der Waals surface area contributed by atoms with Crippen molar-refractivity contribution in [3.8, 4) is 0 Å². The molecule has 8 heteroatoms. The first-order valence-electron chi connectivity index (χ1n) is 9.59. The van der Waals surface area contributed by atoms with E-state index in [9.17, 15) is 9.59 Å². The zero-order chi connectivity index (χ0) is 19.0. The lowest BCUT2D eigenvalue weighted by atomic mass is 9.95. The number of piperidine rings is 1. The Morgan fingerprint density at radius 1 is 1.19 bits per heavy atom. The molecular weight excluding hydrogens is 344 g/mol. The van der Waals surface area contributed by atoms with Crippen molar-refractivity contribution in [1.29, 1.82) is 0 Å². The maximum atomic E-state index is 12.6. The molecule has 3 heterocycles. The molecule has 1 aliphatic carbocycles. The van der Waals surface area contributed by atoms with Crippen LogP contribution < -0.4 is 5.56 Å². The number of likely N-dealkylation sites (tertiary alicyclic amines) is 1. The van der Waals surface area contributed by atoms with Crippen molar-refractivity contribution >= 4 is 5.91 Å². The van der Waals surface area contributed by atoms with Gasteiger partial charge in [-0.25, -0.2) is 0 Å². The molecule has 0 unspecified atom stereocenters. The van der Waals surface area contributed by atoms with E-state index in [1.807, 2.05) is 19.0 Å². The number of carbonyl (C=O) groups excluding carboxylic acids is 1. The number of H-pyrrole nitrogens is 1. The van der Waals surface area contributed by atoms with Gasteiger partial charge in [-0.15, -0.1) is 10.2 Å². The van der Waals surface area contributed by atoms with Gasteiger partial charge in [-0.2, -0.15) is 0 Å². The van der Waals surface area contributed by atoms with Crippen molar-refractivity contribution in [3.63, 3.8) is 0 Å². The quantitative estimate of drug-likeness (QED) is 0.859. The summed E-state index contributed by atoms with van der Waals surface area (Å²) in [6.07, 6.45) is 5.68. The third-order valence-corrected chi connectivity index (χ3v) is 5.34. The van der Waals surface area contributed by atoms with E-state index < -0.39 is 0 Å². The lowest BCUT2D eigenvalue weighted by Crippen LogP contribution is -2.38. The SMILES string of the molecule is CN(C)Cc1nnc(C2CCN(C(=O)c3ccc(=O)[nH]c3)CC2)n1C1CC1. The Morgan fingerprint density at radius 2 is 1.93 bits per heavy atom. The molecule has 1 aliphatic heterocycles. The summed E-state index contributed by atoms with van der Waals surface area (Å²) >= 11 is 0. The lowest BCUT2D eigenvalue weighted by Gasteiger charge is -2.32. The predicted octanol–water partition coefficient (Wildman–Crippen LogP) is 1.38. The van der Waals surface area contributed by atoms with E-state index in [1.165, 1.54) is 25.1 Å². The van der Waals surface area contributed by atoms with Crippen LogP contribution in [-0.2, 0) is 6.54 Å². The Kier molecular flexibility index (Phi) is 4.82. The molecule has 0 spiro atoms. The second kappa shape index (κ2) is 7.26. The number of amides is 1. The number of pyridine rings is 1. The van der Waals surface area contributed by atoms with Gasteiger partial charge < -0.3 is 19.4 Å². The van der Waals surface area contributed by atoms with Crippen molar-refractivity contribution in [2.75, 3.05) is 27.2 Å².